The third-order valence-electron chi connectivity index (χ3n) is 3.20. The number of anilines is 2. The topological polar surface area (TPSA) is 47.7 Å². The molecule has 20 heavy (non-hydrogen) atoms. The van der Waals surface area contributed by atoms with Crippen molar-refractivity contribution in [3.63, 3.8) is 0 Å². The number of nitrogens with two attached hydrogens (primary N) is 1. The van der Waals surface area contributed by atoms with Crippen molar-refractivity contribution in [3.8, 4) is 11.5 Å². The standard InChI is InChI=1S/C16H26N2O2/c1-11(2)9-18(10-12(3)4)14-8-16-15(7-13(14)17)19-5-6-20-16/h7-8,11-12H,5-6,9-10,17H2,1-4H3. The van der Waals surface area contributed by atoms with Gasteiger partial charge in [0.2, 0.25) is 0 Å². The summed E-state index contributed by atoms with van der Waals surface area (Å²) in [5.41, 5.74) is 8.03. The normalized spacial score (nSPS) is 13.9. The molecule has 0 unspecified atom stereocenters. The van der Waals surface area contributed by atoms with Gasteiger partial charge in [-0.2, -0.15) is 0 Å². The molecule has 0 fully saturated rings. The van der Waals surface area contributed by atoms with Gasteiger partial charge in [-0.25, -0.2) is 0 Å². The lowest BCUT2D eigenvalue weighted by Crippen LogP contribution is -2.32. The predicted octanol–water partition coefficient (Wildman–Crippen LogP) is 3.16. The first-order valence-electron chi connectivity index (χ1n) is 7.41. The van der Waals surface area contributed by atoms with E-state index in [1.165, 1.54) is 0 Å². The first kappa shape index (κ1) is 14.8. The summed E-state index contributed by atoms with van der Waals surface area (Å²) in [7, 11) is 0. The predicted molar refractivity (Wildman–Crippen MR) is 83.7 cm³/mol. The first-order chi connectivity index (χ1) is 9.47. The van der Waals surface area contributed by atoms with Crippen LogP contribution in [0.25, 0.3) is 0 Å². The number of nitrogens with zero attached hydrogens (tertiary/aromatic N) is 1. The highest BCUT2D eigenvalue weighted by Crippen LogP contribution is 2.39. The summed E-state index contributed by atoms with van der Waals surface area (Å²) in [5.74, 6) is 2.73. The van der Waals surface area contributed by atoms with Crippen LogP contribution in [0.5, 0.6) is 11.5 Å². The Kier molecular flexibility index (Phi) is 4.63. The number of nitrogen functional groups attached to an aromatic ring is 1. The molecule has 2 rings (SSSR count). The van der Waals surface area contributed by atoms with E-state index in [4.69, 9.17) is 15.2 Å². The number of benzene rings is 1. The quantitative estimate of drug-likeness (QED) is 0.840. The minimum Gasteiger partial charge on any atom is -0.486 e. The largest absolute Gasteiger partial charge is 0.486 e. The van der Waals surface area contributed by atoms with Gasteiger partial charge in [0.1, 0.15) is 13.2 Å². The molecule has 1 heterocycles. The van der Waals surface area contributed by atoms with Gasteiger partial charge in [0.15, 0.2) is 11.5 Å². The van der Waals surface area contributed by atoms with Crippen molar-refractivity contribution in [2.75, 3.05) is 36.9 Å². The second kappa shape index (κ2) is 6.25. The highest BCUT2D eigenvalue weighted by molar-refractivity contribution is 5.73. The summed E-state index contributed by atoms with van der Waals surface area (Å²) in [6, 6.07) is 3.91. The SMILES string of the molecule is CC(C)CN(CC(C)C)c1cc2c(cc1N)OCCO2. The van der Waals surface area contributed by atoms with Crippen molar-refractivity contribution >= 4 is 11.4 Å². The highest BCUT2D eigenvalue weighted by Gasteiger charge is 2.19. The Morgan fingerprint density at radius 2 is 1.50 bits per heavy atom. The molecule has 0 amide bonds. The van der Waals surface area contributed by atoms with Crippen molar-refractivity contribution in [1.82, 2.24) is 0 Å². The molecule has 0 bridgehead atoms. The Morgan fingerprint density at radius 1 is 1.00 bits per heavy atom. The zero-order valence-corrected chi connectivity index (χ0v) is 13.0. The van der Waals surface area contributed by atoms with E-state index in [2.05, 4.69) is 32.6 Å². The molecule has 0 atom stereocenters. The number of fused-ring (bicyclic) bond motifs is 1. The molecule has 2 N–H and O–H groups in total. The van der Waals surface area contributed by atoms with E-state index in [1.54, 1.807) is 0 Å². The van der Waals surface area contributed by atoms with Gasteiger partial charge < -0.3 is 20.1 Å². The summed E-state index contributed by atoms with van der Waals surface area (Å²) >= 11 is 0. The number of rotatable bonds is 5. The number of ether oxygens (including phenoxy) is 2. The molecule has 0 aliphatic carbocycles. The van der Waals surface area contributed by atoms with Gasteiger partial charge in [-0.3, -0.25) is 0 Å². The maximum atomic E-state index is 6.22. The summed E-state index contributed by atoms with van der Waals surface area (Å²) in [6.45, 7) is 12.1. The molecular weight excluding hydrogens is 252 g/mol. The Morgan fingerprint density at radius 3 is 2.00 bits per heavy atom. The molecule has 0 saturated heterocycles. The van der Waals surface area contributed by atoms with Gasteiger partial charge in [-0.05, 0) is 11.8 Å². The Hall–Kier alpha value is -1.58. The van der Waals surface area contributed by atoms with Crippen LogP contribution in [0.2, 0.25) is 0 Å². The van der Waals surface area contributed by atoms with Crippen molar-refractivity contribution in [1.29, 1.82) is 0 Å². The third-order valence-corrected chi connectivity index (χ3v) is 3.20. The molecule has 4 heteroatoms. The van der Waals surface area contributed by atoms with E-state index < -0.39 is 0 Å². The average molecular weight is 278 g/mol. The maximum Gasteiger partial charge on any atom is 0.163 e. The van der Waals surface area contributed by atoms with Crippen LogP contribution in [0.4, 0.5) is 11.4 Å². The number of hydrogen-bond acceptors (Lipinski definition) is 4. The van der Waals surface area contributed by atoms with E-state index in [-0.39, 0.29) is 0 Å². The third kappa shape index (κ3) is 3.50. The van der Waals surface area contributed by atoms with Crippen molar-refractivity contribution < 1.29 is 9.47 Å². The van der Waals surface area contributed by atoms with Gasteiger partial charge in [-0.15, -0.1) is 0 Å². The lowest BCUT2D eigenvalue weighted by atomic mass is 10.1. The molecular formula is C16H26N2O2. The van der Waals surface area contributed by atoms with Crippen molar-refractivity contribution in [3.05, 3.63) is 12.1 Å². The molecule has 4 nitrogen and oxygen atoms in total. The zero-order chi connectivity index (χ0) is 14.7. The first-order valence-corrected chi connectivity index (χ1v) is 7.41. The summed E-state index contributed by atoms with van der Waals surface area (Å²) in [5, 5.41) is 0. The van der Waals surface area contributed by atoms with Crippen LogP contribution >= 0.6 is 0 Å². The fourth-order valence-corrected chi connectivity index (χ4v) is 2.52. The molecule has 0 saturated carbocycles. The molecule has 0 spiro atoms. The van der Waals surface area contributed by atoms with Crippen molar-refractivity contribution in [2.45, 2.75) is 27.7 Å². The molecule has 0 aromatic heterocycles. The van der Waals surface area contributed by atoms with Crippen LogP contribution in [0.1, 0.15) is 27.7 Å². The Labute approximate surface area is 121 Å². The summed E-state index contributed by atoms with van der Waals surface area (Å²) < 4.78 is 11.2. The molecule has 112 valence electrons. The average Bonchev–Trinajstić information content (AvgIpc) is 2.36. The second-order valence-electron chi connectivity index (χ2n) is 6.25. The minimum absolute atomic E-state index is 0.585. The molecule has 1 aliphatic heterocycles. The second-order valence-corrected chi connectivity index (χ2v) is 6.25. The Balaban J connectivity index is 2.31. The van der Waals surface area contributed by atoms with Gasteiger partial charge in [0.25, 0.3) is 0 Å². The maximum absolute atomic E-state index is 6.22. The van der Waals surface area contributed by atoms with Gasteiger partial charge >= 0.3 is 0 Å². The summed E-state index contributed by atoms with van der Waals surface area (Å²) in [4.78, 5) is 2.35. The fraction of sp³-hybridized carbons (Fsp3) is 0.625. The van der Waals surface area contributed by atoms with Crippen LogP contribution in [0.15, 0.2) is 12.1 Å². The van der Waals surface area contributed by atoms with E-state index >= 15 is 0 Å². The smallest absolute Gasteiger partial charge is 0.163 e. The Bertz CT molecular complexity index is 448. The van der Waals surface area contributed by atoms with Crippen LogP contribution in [-0.4, -0.2) is 26.3 Å². The zero-order valence-electron chi connectivity index (χ0n) is 13.0. The molecule has 1 aromatic rings. The minimum atomic E-state index is 0.585. The van der Waals surface area contributed by atoms with Gasteiger partial charge in [0.05, 0.1) is 11.4 Å². The van der Waals surface area contributed by atoms with Crippen LogP contribution < -0.4 is 20.1 Å². The fourth-order valence-electron chi connectivity index (χ4n) is 2.52. The molecule has 1 aromatic carbocycles. The lowest BCUT2D eigenvalue weighted by Gasteiger charge is -2.31. The lowest BCUT2D eigenvalue weighted by molar-refractivity contribution is 0.172. The van der Waals surface area contributed by atoms with E-state index in [0.717, 1.165) is 36.0 Å². The van der Waals surface area contributed by atoms with Crippen LogP contribution in [0.3, 0.4) is 0 Å². The van der Waals surface area contributed by atoms with Gasteiger partial charge in [-0.1, -0.05) is 27.7 Å². The highest BCUT2D eigenvalue weighted by atomic mass is 16.6. The monoisotopic (exact) mass is 278 g/mol. The van der Waals surface area contributed by atoms with E-state index in [0.29, 0.717) is 25.0 Å². The van der Waals surface area contributed by atoms with Gasteiger partial charge in [0, 0.05) is 25.2 Å². The van der Waals surface area contributed by atoms with E-state index in [1.807, 2.05) is 12.1 Å². The molecule has 1 aliphatic rings. The van der Waals surface area contributed by atoms with Crippen molar-refractivity contribution in [2.24, 2.45) is 11.8 Å². The van der Waals surface area contributed by atoms with Crippen LogP contribution in [-0.2, 0) is 0 Å². The van der Waals surface area contributed by atoms with E-state index in [9.17, 15) is 0 Å². The summed E-state index contributed by atoms with van der Waals surface area (Å²) in [6.07, 6.45) is 0. The van der Waals surface area contributed by atoms with Crippen LogP contribution in [0, 0.1) is 11.8 Å². The molecule has 0 radical (unpaired) electrons. The number of hydrogen-bond donors (Lipinski definition) is 1.